The highest BCUT2D eigenvalue weighted by Gasteiger charge is 2.20. The van der Waals surface area contributed by atoms with Crippen LogP contribution in [0.1, 0.15) is 24.0 Å². The second kappa shape index (κ2) is 11.3. The number of benzene rings is 1. The van der Waals surface area contributed by atoms with E-state index in [-0.39, 0.29) is 37.1 Å². The average Bonchev–Trinajstić information content (AvgIpc) is 3.19. The van der Waals surface area contributed by atoms with Crippen LogP contribution < -0.4 is 15.5 Å². The molecule has 2 rings (SSSR count). The predicted octanol–water partition coefficient (Wildman–Crippen LogP) is 2.27. The summed E-state index contributed by atoms with van der Waals surface area (Å²) in [5.41, 5.74) is 2.73. The molecule has 0 aliphatic heterocycles. The van der Waals surface area contributed by atoms with Crippen molar-refractivity contribution in [3.8, 4) is 0 Å². The number of methoxy groups -OCH3 is 1. The lowest BCUT2D eigenvalue weighted by Gasteiger charge is -2.23. The first-order valence-electron chi connectivity index (χ1n) is 9.23. The number of hydrogen-bond acceptors (Lipinski definition) is 6. The van der Waals surface area contributed by atoms with Crippen molar-refractivity contribution in [3.05, 3.63) is 40.9 Å². The number of carbonyl (C=O) groups is 3. The van der Waals surface area contributed by atoms with Crippen LogP contribution >= 0.6 is 11.3 Å². The van der Waals surface area contributed by atoms with E-state index >= 15 is 0 Å². The van der Waals surface area contributed by atoms with Gasteiger partial charge in [-0.3, -0.25) is 14.4 Å². The first kappa shape index (κ1) is 22.5. The van der Waals surface area contributed by atoms with Crippen molar-refractivity contribution < 1.29 is 19.1 Å². The van der Waals surface area contributed by atoms with Crippen LogP contribution in [0.3, 0.4) is 0 Å². The van der Waals surface area contributed by atoms with Gasteiger partial charge in [-0.1, -0.05) is 6.07 Å². The van der Waals surface area contributed by atoms with E-state index in [0.717, 1.165) is 11.1 Å². The van der Waals surface area contributed by atoms with Crippen molar-refractivity contribution in [2.24, 2.45) is 0 Å². The predicted molar refractivity (Wildman–Crippen MR) is 113 cm³/mol. The van der Waals surface area contributed by atoms with Gasteiger partial charge in [-0.15, -0.1) is 11.3 Å². The maximum atomic E-state index is 12.8. The molecule has 156 valence electrons. The van der Waals surface area contributed by atoms with Crippen molar-refractivity contribution >= 4 is 39.9 Å². The maximum absolute atomic E-state index is 12.8. The van der Waals surface area contributed by atoms with Crippen molar-refractivity contribution in [3.63, 3.8) is 0 Å². The van der Waals surface area contributed by atoms with Crippen LogP contribution in [0.25, 0.3) is 0 Å². The molecule has 0 aliphatic carbocycles. The minimum absolute atomic E-state index is 0.00501. The van der Waals surface area contributed by atoms with Crippen molar-refractivity contribution in [1.82, 2.24) is 10.3 Å². The Hall–Kier alpha value is -2.78. The minimum atomic E-state index is -0.301. The number of thiazole rings is 1. The summed E-state index contributed by atoms with van der Waals surface area (Å²) in [5, 5.41) is 7.61. The first-order chi connectivity index (χ1) is 13.9. The third-order valence-electron chi connectivity index (χ3n) is 4.28. The summed E-state index contributed by atoms with van der Waals surface area (Å²) in [6, 6.07) is 5.58. The van der Waals surface area contributed by atoms with E-state index in [9.17, 15) is 14.4 Å². The number of hydrogen-bond donors (Lipinski definition) is 2. The van der Waals surface area contributed by atoms with Gasteiger partial charge in [0.1, 0.15) is 6.54 Å². The standard InChI is InChI=1S/C20H26N4O4S/c1-14-4-5-16(12-15(14)2)24(13-18(26)21-8-10-28-3)19(27)7-6-17(25)23-20-22-9-11-29-20/h4-5,9,11-12H,6-8,10,13H2,1-3H3,(H,21,26)(H,22,23,25). The third kappa shape index (κ3) is 7.28. The normalized spacial score (nSPS) is 10.4. The SMILES string of the molecule is COCCNC(=O)CN(C(=O)CCC(=O)Nc1nccs1)c1ccc(C)c(C)c1. The smallest absolute Gasteiger partial charge is 0.240 e. The minimum Gasteiger partial charge on any atom is -0.383 e. The molecule has 1 aromatic heterocycles. The Morgan fingerprint density at radius 2 is 1.93 bits per heavy atom. The van der Waals surface area contributed by atoms with Gasteiger partial charge in [0, 0.05) is 43.8 Å². The van der Waals surface area contributed by atoms with Crippen LogP contribution in [0.2, 0.25) is 0 Å². The Kier molecular flexibility index (Phi) is 8.75. The molecule has 3 amide bonds. The summed E-state index contributed by atoms with van der Waals surface area (Å²) in [4.78, 5) is 42.6. The monoisotopic (exact) mass is 418 g/mol. The van der Waals surface area contributed by atoms with E-state index in [4.69, 9.17) is 4.74 Å². The lowest BCUT2D eigenvalue weighted by molar-refractivity contribution is -0.125. The van der Waals surface area contributed by atoms with Gasteiger partial charge in [0.25, 0.3) is 0 Å². The van der Waals surface area contributed by atoms with E-state index in [1.54, 1.807) is 24.8 Å². The molecule has 0 radical (unpaired) electrons. The Balaban J connectivity index is 2.04. The van der Waals surface area contributed by atoms with Crippen LogP contribution in [-0.4, -0.2) is 49.5 Å². The fourth-order valence-corrected chi connectivity index (χ4v) is 3.08. The summed E-state index contributed by atoms with van der Waals surface area (Å²) in [5.74, 6) is -0.886. The second-order valence-corrected chi connectivity index (χ2v) is 7.37. The van der Waals surface area contributed by atoms with Gasteiger partial charge in [0.2, 0.25) is 17.7 Å². The lowest BCUT2D eigenvalue weighted by atomic mass is 10.1. The summed E-state index contributed by atoms with van der Waals surface area (Å²) >= 11 is 1.31. The summed E-state index contributed by atoms with van der Waals surface area (Å²) < 4.78 is 4.92. The maximum Gasteiger partial charge on any atom is 0.240 e. The fraction of sp³-hybridized carbons (Fsp3) is 0.400. The number of nitrogens with zero attached hydrogens (tertiary/aromatic N) is 2. The number of ether oxygens (including phenoxy) is 1. The molecule has 0 unspecified atom stereocenters. The molecule has 2 N–H and O–H groups in total. The summed E-state index contributed by atoms with van der Waals surface area (Å²) in [6.45, 7) is 4.55. The van der Waals surface area contributed by atoms with Crippen LogP contribution in [0.15, 0.2) is 29.8 Å². The van der Waals surface area contributed by atoms with E-state index < -0.39 is 0 Å². The highest BCUT2D eigenvalue weighted by atomic mass is 32.1. The highest BCUT2D eigenvalue weighted by molar-refractivity contribution is 7.13. The number of rotatable bonds is 10. The molecule has 8 nitrogen and oxygen atoms in total. The van der Waals surface area contributed by atoms with Crippen LogP contribution in [0, 0.1) is 13.8 Å². The fourth-order valence-electron chi connectivity index (χ4n) is 2.53. The van der Waals surface area contributed by atoms with Crippen molar-refractivity contribution in [1.29, 1.82) is 0 Å². The molecule has 29 heavy (non-hydrogen) atoms. The summed E-state index contributed by atoms with van der Waals surface area (Å²) in [7, 11) is 1.55. The zero-order valence-corrected chi connectivity index (χ0v) is 17.7. The Labute approximate surface area is 174 Å². The van der Waals surface area contributed by atoms with Gasteiger partial charge in [0.15, 0.2) is 5.13 Å². The molecule has 0 bridgehead atoms. The third-order valence-corrected chi connectivity index (χ3v) is 4.97. The number of carbonyl (C=O) groups excluding carboxylic acids is 3. The van der Waals surface area contributed by atoms with Gasteiger partial charge >= 0.3 is 0 Å². The van der Waals surface area contributed by atoms with Crippen LogP contribution in [-0.2, 0) is 19.1 Å². The van der Waals surface area contributed by atoms with Gasteiger partial charge in [-0.05, 0) is 37.1 Å². The first-order valence-corrected chi connectivity index (χ1v) is 10.1. The molecular weight excluding hydrogens is 392 g/mol. The molecule has 0 saturated heterocycles. The summed E-state index contributed by atoms with van der Waals surface area (Å²) in [6.07, 6.45) is 1.58. The molecule has 2 aromatic rings. The van der Waals surface area contributed by atoms with Gasteiger partial charge in [-0.2, -0.15) is 0 Å². The molecule has 0 spiro atoms. The lowest BCUT2D eigenvalue weighted by Crippen LogP contribution is -2.42. The Morgan fingerprint density at radius 3 is 2.59 bits per heavy atom. The van der Waals surface area contributed by atoms with E-state index in [1.165, 1.54) is 16.2 Å². The molecule has 1 heterocycles. The highest BCUT2D eigenvalue weighted by Crippen LogP contribution is 2.20. The zero-order valence-electron chi connectivity index (χ0n) is 16.9. The topological polar surface area (TPSA) is 101 Å². The molecule has 0 fully saturated rings. The van der Waals surface area contributed by atoms with Gasteiger partial charge in [0.05, 0.1) is 6.61 Å². The zero-order chi connectivity index (χ0) is 21.2. The quantitative estimate of drug-likeness (QED) is 0.577. The second-order valence-electron chi connectivity index (χ2n) is 6.48. The molecule has 1 aromatic carbocycles. The molecule has 9 heteroatoms. The average molecular weight is 419 g/mol. The van der Waals surface area contributed by atoms with E-state index in [0.29, 0.717) is 24.0 Å². The number of aryl methyl sites for hydroxylation is 2. The number of nitrogens with one attached hydrogen (secondary N) is 2. The largest absolute Gasteiger partial charge is 0.383 e. The number of anilines is 2. The number of aromatic nitrogens is 1. The molecule has 0 saturated carbocycles. The van der Waals surface area contributed by atoms with E-state index in [2.05, 4.69) is 15.6 Å². The molecular formula is C20H26N4O4S. The van der Waals surface area contributed by atoms with Crippen LogP contribution in [0.5, 0.6) is 0 Å². The van der Waals surface area contributed by atoms with Crippen molar-refractivity contribution in [2.45, 2.75) is 26.7 Å². The van der Waals surface area contributed by atoms with Crippen LogP contribution in [0.4, 0.5) is 10.8 Å². The van der Waals surface area contributed by atoms with Crippen molar-refractivity contribution in [2.75, 3.05) is 37.0 Å². The number of amides is 3. The van der Waals surface area contributed by atoms with Gasteiger partial charge < -0.3 is 20.3 Å². The molecule has 0 atom stereocenters. The molecule has 0 aliphatic rings. The Bertz CT molecular complexity index is 839. The Morgan fingerprint density at radius 1 is 1.14 bits per heavy atom. The van der Waals surface area contributed by atoms with E-state index in [1.807, 2.05) is 26.0 Å². The van der Waals surface area contributed by atoms with Gasteiger partial charge in [-0.25, -0.2) is 4.98 Å².